The van der Waals surface area contributed by atoms with Gasteiger partial charge in [0.2, 0.25) is 10.0 Å². The lowest BCUT2D eigenvalue weighted by Crippen LogP contribution is -2.48. The van der Waals surface area contributed by atoms with Crippen LogP contribution in [0.2, 0.25) is 0 Å². The second-order valence-corrected chi connectivity index (χ2v) is 7.61. The van der Waals surface area contributed by atoms with E-state index in [2.05, 4.69) is 26.0 Å². The van der Waals surface area contributed by atoms with Crippen LogP contribution in [0.25, 0.3) is 0 Å². The standard InChI is InChI=1S/C13H16BrN3O2S/c1-9-8-16-3-2-13(9)17-20(18,19)12-5-10(7-15)4-11(14)6-12/h4-6,9,13,16-17H,2-3,8H2,1H3. The molecule has 0 aliphatic carbocycles. The minimum Gasteiger partial charge on any atom is -0.316 e. The number of sulfonamides is 1. The number of nitrogens with one attached hydrogen (secondary N) is 2. The van der Waals surface area contributed by atoms with Gasteiger partial charge >= 0.3 is 0 Å². The highest BCUT2D eigenvalue weighted by molar-refractivity contribution is 9.10. The first kappa shape index (κ1) is 15.4. The van der Waals surface area contributed by atoms with Gasteiger partial charge in [-0.3, -0.25) is 0 Å². The molecule has 0 aromatic heterocycles. The highest BCUT2D eigenvalue weighted by atomic mass is 79.9. The fraction of sp³-hybridized carbons (Fsp3) is 0.462. The molecule has 2 atom stereocenters. The number of halogens is 1. The maximum atomic E-state index is 12.4. The maximum Gasteiger partial charge on any atom is 0.240 e. The number of nitrogens with zero attached hydrogens (tertiary/aromatic N) is 1. The Labute approximate surface area is 127 Å². The zero-order chi connectivity index (χ0) is 14.8. The van der Waals surface area contributed by atoms with Crippen molar-refractivity contribution in [1.82, 2.24) is 10.0 Å². The van der Waals surface area contributed by atoms with E-state index < -0.39 is 10.0 Å². The fourth-order valence-corrected chi connectivity index (χ4v) is 4.33. The Bertz CT molecular complexity index is 640. The first-order valence-electron chi connectivity index (χ1n) is 6.36. The van der Waals surface area contributed by atoms with E-state index >= 15 is 0 Å². The Morgan fingerprint density at radius 3 is 2.85 bits per heavy atom. The van der Waals surface area contributed by atoms with Gasteiger partial charge in [0.1, 0.15) is 0 Å². The van der Waals surface area contributed by atoms with Crippen molar-refractivity contribution in [2.45, 2.75) is 24.3 Å². The SMILES string of the molecule is CC1CNCCC1NS(=O)(=O)c1cc(Br)cc(C#N)c1. The molecule has 0 radical (unpaired) electrons. The summed E-state index contributed by atoms with van der Waals surface area (Å²) in [4.78, 5) is 0.120. The lowest BCUT2D eigenvalue weighted by atomic mass is 9.97. The number of piperidine rings is 1. The summed E-state index contributed by atoms with van der Waals surface area (Å²) in [7, 11) is -3.61. The molecule has 2 N–H and O–H groups in total. The quantitative estimate of drug-likeness (QED) is 0.860. The van der Waals surface area contributed by atoms with Gasteiger partial charge in [-0.25, -0.2) is 13.1 Å². The molecule has 2 rings (SSSR count). The molecule has 5 nitrogen and oxygen atoms in total. The number of benzene rings is 1. The zero-order valence-electron chi connectivity index (χ0n) is 11.1. The molecule has 1 aliphatic heterocycles. The van der Waals surface area contributed by atoms with Gasteiger partial charge in [-0.1, -0.05) is 22.9 Å². The van der Waals surface area contributed by atoms with Gasteiger partial charge in [-0.2, -0.15) is 5.26 Å². The molecular formula is C13H16BrN3O2S. The average Bonchev–Trinajstić information content (AvgIpc) is 2.40. The second kappa shape index (κ2) is 6.22. The molecule has 20 heavy (non-hydrogen) atoms. The van der Waals surface area contributed by atoms with Gasteiger partial charge < -0.3 is 5.32 Å². The molecule has 0 amide bonds. The Kier molecular flexibility index (Phi) is 4.81. The van der Waals surface area contributed by atoms with E-state index in [0.717, 1.165) is 19.5 Å². The van der Waals surface area contributed by atoms with Crippen molar-refractivity contribution >= 4 is 26.0 Å². The molecule has 0 bridgehead atoms. The van der Waals surface area contributed by atoms with Crippen LogP contribution in [-0.2, 0) is 10.0 Å². The van der Waals surface area contributed by atoms with Gasteiger partial charge in [0.15, 0.2) is 0 Å². The summed E-state index contributed by atoms with van der Waals surface area (Å²) in [5.74, 6) is 0.237. The van der Waals surface area contributed by atoms with Crippen LogP contribution >= 0.6 is 15.9 Å². The smallest absolute Gasteiger partial charge is 0.240 e. The van der Waals surface area contributed by atoms with Gasteiger partial charge in [-0.05, 0) is 43.6 Å². The Morgan fingerprint density at radius 1 is 1.45 bits per heavy atom. The summed E-state index contributed by atoms with van der Waals surface area (Å²) in [6.07, 6.45) is 0.763. The van der Waals surface area contributed by atoms with Gasteiger partial charge in [0, 0.05) is 10.5 Å². The molecule has 1 aromatic carbocycles. The van der Waals surface area contributed by atoms with Crippen LogP contribution in [-0.4, -0.2) is 27.5 Å². The second-order valence-electron chi connectivity index (χ2n) is 4.99. The Hall–Kier alpha value is -0.940. The molecule has 2 unspecified atom stereocenters. The molecular weight excluding hydrogens is 342 g/mol. The third-order valence-electron chi connectivity index (χ3n) is 3.40. The lowest BCUT2D eigenvalue weighted by molar-refractivity contribution is 0.328. The summed E-state index contributed by atoms with van der Waals surface area (Å²) in [6, 6.07) is 6.37. The van der Waals surface area contributed by atoms with Crippen molar-refractivity contribution in [2.24, 2.45) is 5.92 Å². The largest absolute Gasteiger partial charge is 0.316 e. The molecule has 1 heterocycles. The van der Waals surface area contributed by atoms with Gasteiger partial charge in [0.25, 0.3) is 0 Å². The highest BCUT2D eigenvalue weighted by Gasteiger charge is 2.27. The number of nitriles is 1. The van der Waals surface area contributed by atoms with Crippen LogP contribution in [0.5, 0.6) is 0 Å². The first-order chi connectivity index (χ1) is 9.42. The molecule has 1 aromatic rings. The predicted octanol–water partition coefficient (Wildman–Crippen LogP) is 1.60. The maximum absolute atomic E-state index is 12.4. The Morgan fingerprint density at radius 2 is 2.20 bits per heavy atom. The van der Waals surface area contributed by atoms with Crippen LogP contribution in [0, 0.1) is 17.2 Å². The fourth-order valence-electron chi connectivity index (χ4n) is 2.24. The minimum absolute atomic E-state index is 0.0780. The molecule has 7 heteroatoms. The first-order valence-corrected chi connectivity index (χ1v) is 8.64. The minimum atomic E-state index is -3.61. The van der Waals surface area contributed by atoms with E-state index in [1.807, 2.05) is 13.0 Å². The van der Waals surface area contributed by atoms with E-state index in [-0.39, 0.29) is 16.9 Å². The van der Waals surface area contributed by atoms with Crippen LogP contribution in [0.4, 0.5) is 0 Å². The van der Waals surface area contributed by atoms with Crippen molar-refractivity contribution in [2.75, 3.05) is 13.1 Å². The zero-order valence-corrected chi connectivity index (χ0v) is 13.5. The van der Waals surface area contributed by atoms with E-state index in [0.29, 0.717) is 10.0 Å². The van der Waals surface area contributed by atoms with Crippen LogP contribution < -0.4 is 10.0 Å². The number of rotatable bonds is 3. The third kappa shape index (κ3) is 3.58. The van der Waals surface area contributed by atoms with Crippen molar-refractivity contribution < 1.29 is 8.42 Å². The monoisotopic (exact) mass is 357 g/mol. The summed E-state index contributed by atoms with van der Waals surface area (Å²) in [6.45, 7) is 3.62. The lowest BCUT2D eigenvalue weighted by Gasteiger charge is -2.30. The Balaban J connectivity index is 2.26. The molecule has 1 fully saturated rings. The summed E-state index contributed by atoms with van der Waals surface area (Å²) in [5, 5.41) is 12.2. The molecule has 108 valence electrons. The summed E-state index contributed by atoms with van der Waals surface area (Å²) >= 11 is 3.23. The van der Waals surface area contributed by atoms with Crippen LogP contribution in [0.1, 0.15) is 18.9 Å². The third-order valence-corrected chi connectivity index (χ3v) is 5.33. The van der Waals surface area contributed by atoms with Crippen LogP contribution in [0.15, 0.2) is 27.6 Å². The molecule has 0 saturated carbocycles. The van der Waals surface area contributed by atoms with E-state index in [4.69, 9.17) is 5.26 Å². The summed E-state index contributed by atoms with van der Waals surface area (Å²) < 4.78 is 28.1. The van der Waals surface area contributed by atoms with E-state index in [1.54, 1.807) is 6.07 Å². The van der Waals surface area contributed by atoms with E-state index in [1.165, 1.54) is 12.1 Å². The van der Waals surface area contributed by atoms with Crippen molar-refractivity contribution in [3.05, 3.63) is 28.2 Å². The molecule has 1 aliphatic rings. The predicted molar refractivity (Wildman–Crippen MR) is 79.6 cm³/mol. The molecule has 0 spiro atoms. The average molecular weight is 358 g/mol. The van der Waals surface area contributed by atoms with Gasteiger partial charge in [-0.15, -0.1) is 0 Å². The summed E-state index contributed by atoms with van der Waals surface area (Å²) in [5.41, 5.74) is 0.318. The van der Waals surface area contributed by atoms with Crippen molar-refractivity contribution in [3.8, 4) is 6.07 Å². The van der Waals surface area contributed by atoms with Gasteiger partial charge in [0.05, 0.1) is 16.5 Å². The molecule has 1 saturated heterocycles. The number of hydrogen-bond acceptors (Lipinski definition) is 4. The topological polar surface area (TPSA) is 82.0 Å². The van der Waals surface area contributed by atoms with Crippen LogP contribution in [0.3, 0.4) is 0 Å². The van der Waals surface area contributed by atoms with Crippen molar-refractivity contribution in [3.63, 3.8) is 0 Å². The van der Waals surface area contributed by atoms with E-state index in [9.17, 15) is 8.42 Å². The van der Waals surface area contributed by atoms with Crippen molar-refractivity contribution in [1.29, 1.82) is 5.26 Å². The normalized spacial score (nSPS) is 23.2. The highest BCUT2D eigenvalue weighted by Crippen LogP contribution is 2.21. The number of hydrogen-bond donors (Lipinski definition) is 2.